The molecule has 0 radical (unpaired) electrons. The van der Waals surface area contributed by atoms with Gasteiger partial charge in [-0.1, -0.05) is 6.07 Å². The summed E-state index contributed by atoms with van der Waals surface area (Å²) in [7, 11) is 0. The number of rotatable bonds is 6. The van der Waals surface area contributed by atoms with Crippen LogP contribution in [0.3, 0.4) is 0 Å². The summed E-state index contributed by atoms with van der Waals surface area (Å²) in [5.74, 6) is -0.147. The van der Waals surface area contributed by atoms with Gasteiger partial charge in [-0.3, -0.25) is 0 Å². The fourth-order valence-corrected chi connectivity index (χ4v) is 1.86. The van der Waals surface area contributed by atoms with Crippen LogP contribution in [0.4, 0.5) is 0 Å². The number of para-hydroxylation sites is 1. The first-order valence-corrected chi connectivity index (χ1v) is 6.01. The molecule has 1 heterocycles. The Labute approximate surface area is 105 Å². The van der Waals surface area contributed by atoms with Crippen molar-refractivity contribution in [3.05, 3.63) is 29.6 Å². The number of carboxylic acid groups (broad SMARTS) is 1. The van der Waals surface area contributed by atoms with Crippen molar-refractivity contribution in [1.82, 2.24) is 9.97 Å². The van der Waals surface area contributed by atoms with Crippen LogP contribution >= 0.6 is 0 Å². The number of nitrogens with zero attached hydrogens (tertiary/aromatic N) is 1. The van der Waals surface area contributed by atoms with Crippen molar-refractivity contribution in [3.8, 4) is 0 Å². The lowest BCUT2D eigenvalue weighted by Crippen LogP contribution is -1.98. The van der Waals surface area contributed by atoms with Crippen LogP contribution < -0.4 is 0 Å². The van der Waals surface area contributed by atoms with Gasteiger partial charge in [-0.25, -0.2) is 9.78 Å². The van der Waals surface area contributed by atoms with Crippen LogP contribution in [0.5, 0.6) is 0 Å². The van der Waals surface area contributed by atoms with Gasteiger partial charge < -0.3 is 14.8 Å². The number of carbonyl (C=O) groups is 1. The van der Waals surface area contributed by atoms with Crippen LogP contribution in [0.2, 0.25) is 0 Å². The molecule has 1 aromatic carbocycles. The largest absolute Gasteiger partial charge is 0.478 e. The van der Waals surface area contributed by atoms with Gasteiger partial charge in [0.05, 0.1) is 11.1 Å². The fourth-order valence-electron chi connectivity index (χ4n) is 1.86. The van der Waals surface area contributed by atoms with Gasteiger partial charge in [0.2, 0.25) is 0 Å². The Morgan fingerprint density at radius 2 is 2.33 bits per heavy atom. The number of hydrogen-bond donors (Lipinski definition) is 2. The predicted octanol–water partition coefficient (Wildman–Crippen LogP) is 2.23. The van der Waals surface area contributed by atoms with Crippen molar-refractivity contribution in [3.63, 3.8) is 0 Å². The highest BCUT2D eigenvalue weighted by molar-refractivity contribution is 6.00. The third-order valence-corrected chi connectivity index (χ3v) is 2.70. The fraction of sp³-hybridized carbons (Fsp3) is 0.385. The average molecular weight is 248 g/mol. The number of hydrogen-bond acceptors (Lipinski definition) is 3. The normalized spacial score (nSPS) is 10.9. The smallest absolute Gasteiger partial charge is 0.337 e. The number of fused-ring (bicyclic) bond motifs is 1. The van der Waals surface area contributed by atoms with E-state index in [2.05, 4.69) is 9.97 Å². The average Bonchev–Trinajstić information content (AvgIpc) is 2.76. The number of H-pyrrole nitrogens is 1. The number of benzene rings is 1. The molecule has 0 unspecified atom stereocenters. The van der Waals surface area contributed by atoms with Crippen molar-refractivity contribution in [2.24, 2.45) is 0 Å². The van der Waals surface area contributed by atoms with E-state index in [0.29, 0.717) is 18.7 Å². The van der Waals surface area contributed by atoms with Gasteiger partial charge in [-0.2, -0.15) is 0 Å². The summed E-state index contributed by atoms with van der Waals surface area (Å²) < 4.78 is 5.26. The van der Waals surface area contributed by atoms with Gasteiger partial charge in [-0.05, 0) is 25.5 Å². The second-order valence-corrected chi connectivity index (χ2v) is 3.99. The standard InChI is InChI=1S/C13H16N2O3/c1-2-18-8-4-7-11-14-10-6-3-5-9(13(16)17)12(10)15-11/h3,5-6H,2,4,7-8H2,1H3,(H,14,15)(H,16,17). The number of aromatic carboxylic acids is 1. The summed E-state index contributed by atoms with van der Waals surface area (Å²) in [5, 5.41) is 9.06. The molecule has 96 valence electrons. The van der Waals surface area contributed by atoms with E-state index in [1.165, 1.54) is 0 Å². The van der Waals surface area contributed by atoms with E-state index in [-0.39, 0.29) is 5.56 Å². The molecule has 5 nitrogen and oxygen atoms in total. The molecule has 2 rings (SSSR count). The maximum Gasteiger partial charge on any atom is 0.337 e. The van der Waals surface area contributed by atoms with Gasteiger partial charge >= 0.3 is 5.97 Å². The monoisotopic (exact) mass is 248 g/mol. The van der Waals surface area contributed by atoms with Crippen LogP contribution in [-0.4, -0.2) is 34.3 Å². The molecule has 0 amide bonds. The SMILES string of the molecule is CCOCCCc1nc2c(C(=O)O)cccc2[nH]1. The van der Waals surface area contributed by atoms with E-state index in [9.17, 15) is 4.79 Å². The van der Waals surface area contributed by atoms with Crippen LogP contribution in [0, 0.1) is 0 Å². The Kier molecular flexibility index (Phi) is 3.94. The Morgan fingerprint density at radius 3 is 3.06 bits per heavy atom. The van der Waals surface area contributed by atoms with Crippen LogP contribution in [0.25, 0.3) is 11.0 Å². The molecule has 2 N–H and O–H groups in total. The molecule has 0 aliphatic carbocycles. The minimum Gasteiger partial charge on any atom is -0.478 e. The molecule has 18 heavy (non-hydrogen) atoms. The summed E-state index contributed by atoms with van der Waals surface area (Å²) in [6, 6.07) is 5.12. The highest BCUT2D eigenvalue weighted by Crippen LogP contribution is 2.17. The lowest BCUT2D eigenvalue weighted by Gasteiger charge is -1.98. The number of aryl methyl sites for hydroxylation is 1. The second-order valence-electron chi connectivity index (χ2n) is 3.99. The maximum absolute atomic E-state index is 11.0. The molecule has 2 aromatic rings. The van der Waals surface area contributed by atoms with E-state index >= 15 is 0 Å². The van der Waals surface area contributed by atoms with Gasteiger partial charge in [0.25, 0.3) is 0 Å². The van der Waals surface area contributed by atoms with Crippen LogP contribution in [0.15, 0.2) is 18.2 Å². The molecule has 0 saturated heterocycles. The third kappa shape index (κ3) is 2.68. The van der Waals surface area contributed by atoms with Crippen LogP contribution in [0.1, 0.15) is 29.5 Å². The first-order chi connectivity index (χ1) is 8.72. The first kappa shape index (κ1) is 12.6. The van der Waals surface area contributed by atoms with E-state index < -0.39 is 5.97 Å². The van der Waals surface area contributed by atoms with E-state index in [1.54, 1.807) is 12.1 Å². The van der Waals surface area contributed by atoms with Crippen molar-refractivity contribution < 1.29 is 14.6 Å². The van der Waals surface area contributed by atoms with Gasteiger partial charge in [0.15, 0.2) is 0 Å². The van der Waals surface area contributed by atoms with E-state index in [0.717, 1.165) is 24.2 Å². The summed E-state index contributed by atoms with van der Waals surface area (Å²) in [6.07, 6.45) is 1.63. The number of carboxylic acids is 1. The highest BCUT2D eigenvalue weighted by Gasteiger charge is 2.11. The number of aromatic amines is 1. The third-order valence-electron chi connectivity index (χ3n) is 2.70. The van der Waals surface area contributed by atoms with Gasteiger partial charge in [0.1, 0.15) is 11.3 Å². The van der Waals surface area contributed by atoms with Gasteiger partial charge in [-0.15, -0.1) is 0 Å². The minimum atomic E-state index is -0.951. The Morgan fingerprint density at radius 1 is 1.50 bits per heavy atom. The highest BCUT2D eigenvalue weighted by atomic mass is 16.5. The molecule has 0 aliphatic rings. The van der Waals surface area contributed by atoms with Gasteiger partial charge in [0, 0.05) is 19.6 Å². The summed E-state index contributed by atoms with van der Waals surface area (Å²) >= 11 is 0. The summed E-state index contributed by atoms with van der Waals surface area (Å²) in [5.41, 5.74) is 1.53. The molecule has 0 spiro atoms. The Hall–Kier alpha value is -1.88. The topological polar surface area (TPSA) is 75.2 Å². The Balaban J connectivity index is 2.17. The van der Waals surface area contributed by atoms with Crippen LogP contribution in [-0.2, 0) is 11.2 Å². The zero-order valence-corrected chi connectivity index (χ0v) is 10.3. The number of imidazole rings is 1. The molecular formula is C13H16N2O3. The molecule has 0 bridgehead atoms. The zero-order chi connectivity index (χ0) is 13.0. The van der Waals surface area contributed by atoms with Crippen molar-refractivity contribution >= 4 is 17.0 Å². The lowest BCUT2D eigenvalue weighted by atomic mass is 10.2. The molecule has 0 saturated carbocycles. The lowest BCUT2D eigenvalue weighted by molar-refractivity contribution is 0.0699. The summed E-state index contributed by atoms with van der Waals surface area (Å²) in [6.45, 7) is 3.36. The number of ether oxygens (including phenoxy) is 1. The second kappa shape index (κ2) is 5.64. The number of aromatic nitrogens is 2. The van der Waals surface area contributed by atoms with Crippen molar-refractivity contribution in [2.75, 3.05) is 13.2 Å². The van der Waals surface area contributed by atoms with E-state index in [1.807, 2.05) is 13.0 Å². The first-order valence-electron chi connectivity index (χ1n) is 6.01. The molecule has 1 aromatic heterocycles. The van der Waals surface area contributed by atoms with E-state index in [4.69, 9.17) is 9.84 Å². The molecule has 0 aliphatic heterocycles. The minimum absolute atomic E-state index is 0.236. The summed E-state index contributed by atoms with van der Waals surface area (Å²) in [4.78, 5) is 18.5. The molecule has 5 heteroatoms. The molecular weight excluding hydrogens is 232 g/mol. The maximum atomic E-state index is 11.0. The molecule has 0 fully saturated rings. The van der Waals surface area contributed by atoms with Crippen molar-refractivity contribution in [1.29, 1.82) is 0 Å². The Bertz CT molecular complexity index is 548. The predicted molar refractivity (Wildman–Crippen MR) is 67.9 cm³/mol. The quantitative estimate of drug-likeness (QED) is 0.769. The zero-order valence-electron chi connectivity index (χ0n) is 10.3. The molecule has 0 atom stereocenters. The van der Waals surface area contributed by atoms with Crippen molar-refractivity contribution in [2.45, 2.75) is 19.8 Å². The number of nitrogens with one attached hydrogen (secondary N) is 1.